The Morgan fingerprint density at radius 2 is 1.84 bits per heavy atom. The minimum Gasteiger partial charge on any atom is -0.451 e. The van der Waals surface area contributed by atoms with E-state index < -0.39 is 12.3 Å². The summed E-state index contributed by atoms with van der Waals surface area (Å²) in [6, 6.07) is 10.0. The first kappa shape index (κ1) is 24.5. The molecule has 0 bridgehead atoms. The number of carbonyl (C=O) groups excluding carboxylic acids is 1. The van der Waals surface area contributed by atoms with Crippen molar-refractivity contribution in [3.63, 3.8) is 0 Å². The fourth-order valence-electron chi connectivity index (χ4n) is 3.08. The smallest absolute Gasteiger partial charge is 0.308 e. The number of ether oxygens (including phenoxy) is 2. The molecule has 0 saturated heterocycles. The Morgan fingerprint density at radius 1 is 1.23 bits per heavy atom. The first-order valence-electron chi connectivity index (χ1n) is 10.4. The monoisotopic (exact) mass is 443 g/mol. The van der Waals surface area contributed by atoms with Crippen LogP contribution in [-0.2, 0) is 26.2 Å². The molecule has 7 heteroatoms. The Labute approximate surface area is 189 Å². The molecule has 1 heterocycles. The molecule has 0 amide bonds. The zero-order valence-corrected chi connectivity index (χ0v) is 20.0. The Hall–Kier alpha value is -2.78. The number of aromatic nitrogens is 2. The van der Waals surface area contributed by atoms with Gasteiger partial charge in [-0.1, -0.05) is 63.6 Å². The quantitative estimate of drug-likeness (QED) is 0.231. The van der Waals surface area contributed by atoms with Gasteiger partial charge in [-0.05, 0) is 30.4 Å². The summed E-state index contributed by atoms with van der Waals surface area (Å²) in [4.78, 5) is 11.7. The average Bonchev–Trinajstić information content (AvgIpc) is 3.01. The maximum atomic E-state index is 11.7. The number of carbonyl (C=O) groups is 1. The zero-order valence-electron chi connectivity index (χ0n) is 19.2. The van der Waals surface area contributed by atoms with Crippen LogP contribution in [0.4, 0.5) is 0 Å². The van der Waals surface area contributed by atoms with E-state index in [1.165, 1.54) is 0 Å². The maximum absolute atomic E-state index is 11.7. The van der Waals surface area contributed by atoms with Crippen LogP contribution in [0.2, 0.25) is 5.02 Å². The van der Waals surface area contributed by atoms with Crippen LogP contribution in [0.3, 0.4) is 0 Å². The van der Waals surface area contributed by atoms with E-state index >= 15 is 0 Å². The number of halogens is 1. The molecular formula is C24H30ClN3O3. The Morgan fingerprint density at radius 3 is 2.32 bits per heavy atom. The van der Waals surface area contributed by atoms with Crippen LogP contribution >= 0.6 is 11.6 Å². The maximum Gasteiger partial charge on any atom is 0.308 e. The second-order valence-electron chi connectivity index (χ2n) is 8.24. The van der Waals surface area contributed by atoms with Crippen LogP contribution in [0.5, 0.6) is 0 Å². The lowest BCUT2D eigenvalue weighted by atomic mass is 9.86. The third-order valence-corrected chi connectivity index (χ3v) is 5.27. The van der Waals surface area contributed by atoms with Gasteiger partial charge >= 0.3 is 5.97 Å². The van der Waals surface area contributed by atoms with E-state index in [9.17, 15) is 10.1 Å². The highest BCUT2D eigenvalue weighted by Gasteiger charge is 2.26. The Bertz CT molecular complexity index is 1010. The van der Waals surface area contributed by atoms with Crippen molar-refractivity contribution < 1.29 is 14.3 Å². The fourth-order valence-corrected chi connectivity index (χ4v) is 3.30. The predicted molar refractivity (Wildman–Crippen MR) is 122 cm³/mol. The second kappa shape index (κ2) is 10.0. The van der Waals surface area contributed by atoms with Crippen molar-refractivity contribution in [2.45, 2.75) is 73.1 Å². The molecule has 2 aromatic rings. The van der Waals surface area contributed by atoms with E-state index in [0.717, 1.165) is 5.56 Å². The number of allylic oxidation sites excluding steroid dienone is 1. The van der Waals surface area contributed by atoms with Gasteiger partial charge in [0.1, 0.15) is 17.3 Å². The summed E-state index contributed by atoms with van der Waals surface area (Å²) >= 11 is 6.56. The number of aryl methyl sites for hydroxylation is 2. The number of esters is 1. The molecule has 0 aliphatic heterocycles. The summed E-state index contributed by atoms with van der Waals surface area (Å²) in [5, 5.41) is 14.9. The van der Waals surface area contributed by atoms with E-state index in [2.05, 4.69) is 31.9 Å². The van der Waals surface area contributed by atoms with Gasteiger partial charge in [0.15, 0.2) is 5.76 Å². The molecule has 166 valence electrons. The van der Waals surface area contributed by atoms with Gasteiger partial charge in [-0.2, -0.15) is 10.4 Å². The Balaban J connectivity index is 2.68. The van der Waals surface area contributed by atoms with Gasteiger partial charge in [0.2, 0.25) is 6.29 Å². The van der Waals surface area contributed by atoms with Crippen LogP contribution in [-0.4, -0.2) is 22.0 Å². The highest BCUT2D eigenvalue weighted by Crippen LogP contribution is 2.35. The number of nitrogens with zero attached hydrogens (tertiary/aromatic N) is 3. The molecule has 1 unspecified atom stereocenters. The fraction of sp³-hybridized carbons (Fsp3) is 0.458. The van der Waals surface area contributed by atoms with Crippen molar-refractivity contribution in [3.05, 3.63) is 51.8 Å². The minimum atomic E-state index is -0.906. The normalized spacial score (nSPS) is 13.3. The lowest BCUT2D eigenvalue weighted by molar-refractivity contribution is -0.163. The molecule has 0 spiro atoms. The summed E-state index contributed by atoms with van der Waals surface area (Å²) in [6.07, 6.45) is -0.685. The van der Waals surface area contributed by atoms with Crippen LogP contribution in [0.15, 0.2) is 24.3 Å². The molecule has 0 aliphatic rings. The van der Waals surface area contributed by atoms with Gasteiger partial charge < -0.3 is 9.47 Å². The SMILES string of the molecule is CCC(=O)OC(C)O/C(=C(/C#N)c1ccc(C(C)(C)C)cc1)c1c(Cl)c(C)nn1CC. The first-order valence-corrected chi connectivity index (χ1v) is 10.8. The van der Waals surface area contributed by atoms with E-state index in [1.807, 2.05) is 31.2 Å². The summed E-state index contributed by atoms with van der Waals surface area (Å²) in [7, 11) is 0. The van der Waals surface area contributed by atoms with Crippen molar-refractivity contribution in [1.29, 1.82) is 5.26 Å². The van der Waals surface area contributed by atoms with Crippen molar-refractivity contribution in [3.8, 4) is 6.07 Å². The van der Waals surface area contributed by atoms with Crippen LogP contribution in [0.25, 0.3) is 11.3 Å². The second-order valence-corrected chi connectivity index (χ2v) is 8.61. The molecule has 1 aromatic heterocycles. The number of rotatable bonds is 7. The third kappa shape index (κ3) is 5.68. The van der Waals surface area contributed by atoms with Crippen molar-refractivity contribution >= 4 is 28.9 Å². The Kier molecular flexibility index (Phi) is 7.91. The van der Waals surface area contributed by atoms with E-state index in [1.54, 1.807) is 25.5 Å². The standard InChI is InChI=1S/C24H30ClN3O3/c1-8-20(29)30-16(4)31-23(22-21(25)15(3)27-28(22)9-2)19(14-26)17-10-12-18(13-11-17)24(5,6)7/h10-13,16H,8-9H2,1-7H3/b23-19-. The first-order chi connectivity index (χ1) is 14.5. The molecule has 0 aliphatic carbocycles. The molecule has 31 heavy (non-hydrogen) atoms. The summed E-state index contributed by atoms with van der Waals surface area (Å²) < 4.78 is 13.0. The topological polar surface area (TPSA) is 77.1 Å². The number of hydrogen-bond acceptors (Lipinski definition) is 5. The van der Waals surface area contributed by atoms with Crippen LogP contribution < -0.4 is 0 Å². The van der Waals surface area contributed by atoms with Gasteiger partial charge in [-0.15, -0.1) is 0 Å². The molecule has 6 nitrogen and oxygen atoms in total. The lowest BCUT2D eigenvalue weighted by Crippen LogP contribution is -2.19. The number of hydrogen-bond donors (Lipinski definition) is 0. The lowest BCUT2D eigenvalue weighted by Gasteiger charge is -2.21. The molecule has 1 atom stereocenters. The summed E-state index contributed by atoms with van der Waals surface area (Å²) in [6.45, 7) is 13.9. The molecular weight excluding hydrogens is 414 g/mol. The highest BCUT2D eigenvalue weighted by molar-refractivity contribution is 6.33. The van der Waals surface area contributed by atoms with Gasteiger partial charge in [-0.3, -0.25) is 9.48 Å². The molecule has 0 fully saturated rings. The van der Waals surface area contributed by atoms with Gasteiger partial charge in [0.05, 0.1) is 10.7 Å². The van der Waals surface area contributed by atoms with E-state index in [-0.39, 0.29) is 23.2 Å². The van der Waals surface area contributed by atoms with Crippen molar-refractivity contribution in [2.24, 2.45) is 0 Å². The molecule has 2 rings (SSSR count). The molecule has 0 N–H and O–H groups in total. The van der Waals surface area contributed by atoms with Crippen LogP contribution in [0.1, 0.15) is 70.5 Å². The van der Waals surface area contributed by atoms with E-state index in [4.69, 9.17) is 21.1 Å². The van der Waals surface area contributed by atoms with Gasteiger partial charge in [-0.25, -0.2) is 0 Å². The highest BCUT2D eigenvalue weighted by atomic mass is 35.5. The largest absolute Gasteiger partial charge is 0.451 e. The van der Waals surface area contributed by atoms with Crippen molar-refractivity contribution in [1.82, 2.24) is 9.78 Å². The molecule has 0 saturated carbocycles. The van der Waals surface area contributed by atoms with Crippen LogP contribution in [0, 0.1) is 18.3 Å². The number of nitriles is 1. The number of benzene rings is 1. The van der Waals surface area contributed by atoms with Gasteiger partial charge in [0, 0.05) is 19.9 Å². The summed E-state index contributed by atoms with van der Waals surface area (Å²) in [5.74, 6) is -0.166. The van der Waals surface area contributed by atoms with E-state index in [0.29, 0.717) is 28.5 Å². The van der Waals surface area contributed by atoms with Crippen molar-refractivity contribution in [2.75, 3.05) is 0 Å². The minimum absolute atomic E-state index is 0.0154. The molecule has 1 aromatic carbocycles. The predicted octanol–water partition coefficient (Wildman–Crippen LogP) is 5.87. The zero-order chi connectivity index (χ0) is 23.3. The third-order valence-electron chi connectivity index (χ3n) is 4.82. The van der Waals surface area contributed by atoms with Gasteiger partial charge in [0.25, 0.3) is 0 Å². The average molecular weight is 444 g/mol. The molecule has 0 radical (unpaired) electrons. The summed E-state index contributed by atoms with van der Waals surface area (Å²) in [5.41, 5.74) is 3.20.